The van der Waals surface area contributed by atoms with Gasteiger partial charge >= 0.3 is 0 Å². The molecule has 2 N–H and O–H groups in total. The van der Waals surface area contributed by atoms with Gasteiger partial charge in [-0.3, -0.25) is 15.4 Å². The van der Waals surface area contributed by atoms with Crippen LogP contribution in [0.25, 0.3) is 0 Å². The third-order valence-corrected chi connectivity index (χ3v) is 1.59. The summed E-state index contributed by atoms with van der Waals surface area (Å²) in [4.78, 5) is 9.83. The lowest BCUT2D eigenvalue weighted by Crippen LogP contribution is -2.13. The van der Waals surface area contributed by atoms with Crippen molar-refractivity contribution >= 4 is 5.69 Å². The highest BCUT2D eigenvalue weighted by Gasteiger charge is 2.02. The Balaban J connectivity index is 2.64. The number of rotatable bonds is 4. The monoisotopic (exact) mass is 182 g/mol. The Morgan fingerprint density at radius 3 is 2.46 bits per heavy atom. The van der Waals surface area contributed by atoms with Crippen LogP contribution >= 0.6 is 0 Å². The molecular weight excluding hydrogens is 172 g/mol. The molecular formula is C8H10N2O3. The van der Waals surface area contributed by atoms with Crippen LogP contribution in [-0.2, 0) is 6.54 Å². The average Bonchev–Trinajstić information content (AvgIpc) is 2.15. The molecule has 0 atom stereocenters. The predicted molar refractivity (Wildman–Crippen MR) is 47.0 cm³/mol. The fourth-order valence-corrected chi connectivity index (χ4v) is 0.936. The molecule has 70 valence electrons. The van der Waals surface area contributed by atoms with Crippen LogP contribution in [0.5, 0.6) is 0 Å². The van der Waals surface area contributed by atoms with Crippen molar-refractivity contribution in [2.24, 2.45) is 0 Å². The molecule has 0 fully saturated rings. The fraction of sp³-hybridized carbons (Fsp3) is 0.250. The van der Waals surface area contributed by atoms with Crippen LogP contribution in [0.2, 0.25) is 0 Å². The Labute approximate surface area is 75.2 Å². The predicted octanol–water partition coefficient (Wildman–Crippen LogP) is 0.634. The zero-order valence-electron chi connectivity index (χ0n) is 6.93. The first-order chi connectivity index (χ1) is 6.24. The van der Waals surface area contributed by atoms with Crippen molar-refractivity contribution in [1.82, 2.24) is 5.32 Å². The van der Waals surface area contributed by atoms with E-state index < -0.39 is 4.92 Å². The van der Waals surface area contributed by atoms with E-state index in [2.05, 4.69) is 5.32 Å². The van der Waals surface area contributed by atoms with Crippen LogP contribution in [0.4, 0.5) is 5.69 Å². The van der Waals surface area contributed by atoms with E-state index in [1.807, 2.05) is 0 Å². The second-order valence-electron chi connectivity index (χ2n) is 2.51. The Kier molecular flexibility index (Phi) is 3.36. The zero-order valence-corrected chi connectivity index (χ0v) is 6.93. The van der Waals surface area contributed by atoms with Gasteiger partial charge < -0.3 is 5.11 Å². The molecule has 1 aromatic rings. The van der Waals surface area contributed by atoms with Gasteiger partial charge in [-0.2, -0.15) is 0 Å². The number of nitro groups is 1. The molecule has 1 rings (SSSR count). The lowest BCUT2D eigenvalue weighted by Gasteiger charge is -2.00. The molecule has 0 aliphatic rings. The summed E-state index contributed by atoms with van der Waals surface area (Å²) in [6.07, 6.45) is 0. The topological polar surface area (TPSA) is 75.4 Å². The number of nitrogens with zero attached hydrogens (tertiary/aromatic N) is 1. The van der Waals surface area contributed by atoms with E-state index in [-0.39, 0.29) is 12.4 Å². The standard InChI is InChI=1S/C8H10N2O3/c11-6-9-5-7-1-3-8(4-2-7)10(12)13/h1-4,9,11H,5-6H2. The quantitative estimate of drug-likeness (QED) is 0.407. The molecule has 5 heteroatoms. The first-order valence-corrected chi connectivity index (χ1v) is 3.79. The van der Waals surface area contributed by atoms with E-state index in [4.69, 9.17) is 5.11 Å². The van der Waals surface area contributed by atoms with E-state index in [1.54, 1.807) is 12.1 Å². The van der Waals surface area contributed by atoms with Crippen molar-refractivity contribution in [3.05, 3.63) is 39.9 Å². The van der Waals surface area contributed by atoms with Gasteiger partial charge in [0.15, 0.2) is 0 Å². The molecule has 0 aliphatic carbocycles. The Bertz CT molecular complexity index is 284. The normalized spacial score (nSPS) is 9.92. The van der Waals surface area contributed by atoms with Gasteiger partial charge in [-0.1, -0.05) is 12.1 Å². The van der Waals surface area contributed by atoms with Crippen LogP contribution in [0.15, 0.2) is 24.3 Å². The molecule has 0 unspecified atom stereocenters. The Morgan fingerprint density at radius 1 is 1.38 bits per heavy atom. The van der Waals surface area contributed by atoms with E-state index in [9.17, 15) is 10.1 Å². The zero-order chi connectivity index (χ0) is 9.68. The van der Waals surface area contributed by atoms with Crippen LogP contribution in [-0.4, -0.2) is 16.8 Å². The van der Waals surface area contributed by atoms with Gasteiger partial charge in [0.05, 0.1) is 11.7 Å². The number of nitro benzene ring substituents is 1. The van der Waals surface area contributed by atoms with Gasteiger partial charge in [-0.05, 0) is 5.56 Å². The number of benzene rings is 1. The number of aliphatic hydroxyl groups excluding tert-OH is 1. The summed E-state index contributed by atoms with van der Waals surface area (Å²) < 4.78 is 0. The summed E-state index contributed by atoms with van der Waals surface area (Å²) >= 11 is 0. The molecule has 0 radical (unpaired) electrons. The summed E-state index contributed by atoms with van der Waals surface area (Å²) in [5.74, 6) is 0. The molecule has 0 aromatic heterocycles. The summed E-state index contributed by atoms with van der Waals surface area (Å²) in [6.45, 7) is 0.408. The molecule has 5 nitrogen and oxygen atoms in total. The molecule has 0 heterocycles. The summed E-state index contributed by atoms with van der Waals surface area (Å²) in [7, 11) is 0. The average molecular weight is 182 g/mol. The number of non-ortho nitro benzene ring substituents is 1. The van der Waals surface area contributed by atoms with Gasteiger partial charge in [0, 0.05) is 18.7 Å². The number of hydrogen-bond donors (Lipinski definition) is 2. The highest BCUT2D eigenvalue weighted by Crippen LogP contribution is 2.11. The first-order valence-electron chi connectivity index (χ1n) is 3.79. The first kappa shape index (κ1) is 9.63. The maximum Gasteiger partial charge on any atom is 0.269 e. The van der Waals surface area contributed by atoms with E-state index >= 15 is 0 Å². The molecule has 0 saturated heterocycles. The van der Waals surface area contributed by atoms with Crippen molar-refractivity contribution in [2.45, 2.75) is 6.54 Å². The van der Waals surface area contributed by atoms with Gasteiger partial charge in [-0.25, -0.2) is 0 Å². The van der Waals surface area contributed by atoms with Crippen molar-refractivity contribution in [1.29, 1.82) is 0 Å². The largest absolute Gasteiger partial charge is 0.381 e. The third-order valence-electron chi connectivity index (χ3n) is 1.59. The molecule has 0 saturated carbocycles. The maximum absolute atomic E-state index is 10.3. The molecule has 0 spiro atoms. The maximum atomic E-state index is 10.3. The Hall–Kier alpha value is -1.46. The fourth-order valence-electron chi connectivity index (χ4n) is 0.936. The van der Waals surface area contributed by atoms with Gasteiger partial charge in [0.25, 0.3) is 5.69 Å². The van der Waals surface area contributed by atoms with E-state index in [0.717, 1.165) is 5.56 Å². The molecule has 0 amide bonds. The lowest BCUT2D eigenvalue weighted by atomic mass is 10.2. The van der Waals surface area contributed by atoms with Crippen molar-refractivity contribution < 1.29 is 10.0 Å². The minimum Gasteiger partial charge on any atom is -0.381 e. The van der Waals surface area contributed by atoms with Crippen LogP contribution in [0.1, 0.15) is 5.56 Å². The smallest absolute Gasteiger partial charge is 0.269 e. The minimum absolute atomic E-state index is 0.0766. The third kappa shape index (κ3) is 2.81. The Morgan fingerprint density at radius 2 is 2.00 bits per heavy atom. The van der Waals surface area contributed by atoms with Crippen LogP contribution in [0, 0.1) is 10.1 Å². The lowest BCUT2D eigenvalue weighted by molar-refractivity contribution is -0.384. The molecule has 1 aromatic carbocycles. The molecule has 0 aliphatic heterocycles. The molecule has 0 bridgehead atoms. The number of aliphatic hydroxyl groups is 1. The van der Waals surface area contributed by atoms with Crippen molar-refractivity contribution in [3.63, 3.8) is 0 Å². The van der Waals surface area contributed by atoms with E-state index in [1.165, 1.54) is 12.1 Å². The van der Waals surface area contributed by atoms with Gasteiger partial charge in [-0.15, -0.1) is 0 Å². The van der Waals surface area contributed by atoms with E-state index in [0.29, 0.717) is 6.54 Å². The van der Waals surface area contributed by atoms with Gasteiger partial charge in [0.1, 0.15) is 0 Å². The van der Waals surface area contributed by atoms with Crippen molar-refractivity contribution in [2.75, 3.05) is 6.73 Å². The summed E-state index contributed by atoms with van der Waals surface area (Å²) in [6, 6.07) is 6.18. The van der Waals surface area contributed by atoms with Crippen LogP contribution in [0.3, 0.4) is 0 Å². The van der Waals surface area contributed by atoms with Crippen LogP contribution < -0.4 is 5.32 Å². The highest BCUT2D eigenvalue weighted by atomic mass is 16.6. The highest BCUT2D eigenvalue weighted by molar-refractivity contribution is 5.32. The van der Waals surface area contributed by atoms with Gasteiger partial charge in [0.2, 0.25) is 0 Å². The SMILES string of the molecule is O=[N+]([O-])c1ccc(CNCO)cc1. The minimum atomic E-state index is -0.441. The van der Waals surface area contributed by atoms with Crippen molar-refractivity contribution in [3.8, 4) is 0 Å². The second kappa shape index (κ2) is 4.54. The summed E-state index contributed by atoms with van der Waals surface area (Å²) in [5, 5.41) is 21.4. The number of nitrogens with one attached hydrogen (secondary N) is 1. The number of hydrogen-bond acceptors (Lipinski definition) is 4. The summed E-state index contributed by atoms with van der Waals surface area (Å²) in [5.41, 5.74) is 0.979. The molecule has 13 heavy (non-hydrogen) atoms. The second-order valence-corrected chi connectivity index (χ2v) is 2.51.